The number of rotatable bonds is 6. The van der Waals surface area contributed by atoms with Gasteiger partial charge >= 0.3 is 0 Å². The molecule has 1 aliphatic heterocycles. The van der Waals surface area contributed by atoms with Gasteiger partial charge < -0.3 is 9.64 Å². The fourth-order valence-electron chi connectivity index (χ4n) is 3.54. The lowest BCUT2D eigenvalue weighted by molar-refractivity contribution is -0.117. The predicted octanol–water partition coefficient (Wildman–Crippen LogP) is 3.94. The van der Waals surface area contributed by atoms with Gasteiger partial charge in [-0.1, -0.05) is 0 Å². The molecule has 0 saturated carbocycles. The van der Waals surface area contributed by atoms with Crippen molar-refractivity contribution in [1.29, 1.82) is 0 Å². The van der Waals surface area contributed by atoms with Gasteiger partial charge in [-0.3, -0.25) is 14.2 Å². The highest BCUT2D eigenvalue weighted by atomic mass is 32.1. The van der Waals surface area contributed by atoms with E-state index in [1.54, 1.807) is 23.2 Å². The Balaban J connectivity index is 1.44. The lowest BCUT2D eigenvalue weighted by atomic mass is 10.1. The van der Waals surface area contributed by atoms with Crippen LogP contribution in [0.3, 0.4) is 0 Å². The molecule has 7 heteroatoms. The van der Waals surface area contributed by atoms with E-state index in [2.05, 4.69) is 4.98 Å². The zero-order valence-corrected chi connectivity index (χ0v) is 16.7. The Bertz CT molecular complexity index is 1010. The van der Waals surface area contributed by atoms with E-state index in [0.29, 0.717) is 17.7 Å². The van der Waals surface area contributed by atoms with Gasteiger partial charge in [0.25, 0.3) is 0 Å². The largest absolute Gasteiger partial charge is 0.485 e. The molecule has 0 spiro atoms. The van der Waals surface area contributed by atoms with E-state index < -0.39 is 0 Å². The van der Waals surface area contributed by atoms with Crippen LogP contribution in [0.2, 0.25) is 0 Å². The molecular formula is C21H21N3O3S. The van der Waals surface area contributed by atoms with Crippen LogP contribution in [0, 0.1) is 13.8 Å². The number of carbonyl (C=O) groups is 2. The van der Waals surface area contributed by atoms with Crippen LogP contribution >= 0.6 is 11.3 Å². The minimum absolute atomic E-state index is 0.0375. The molecule has 144 valence electrons. The second-order valence-electron chi connectivity index (χ2n) is 6.79. The molecule has 0 atom stereocenters. The van der Waals surface area contributed by atoms with Crippen molar-refractivity contribution in [2.75, 3.05) is 18.1 Å². The molecule has 1 fully saturated rings. The Morgan fingerprint density at radius 1 is 1.25 bits per heavy atom. The van der Waals surface area contributed by atoms with Crippen LogP contribution in [0.1, 0.15) is 34.6 Å². The lowest BCUT2D eigenvalue weighted by Crippen LogP contribution is -2.23. The third-order valence-electron chi connectivity index (χ3n) is 4.93. The quantitative estimate of drug-likeness (QED) is 0.593. The summed E-state index contributed by atoms with van der Waals surface area (Å²) in [5.74, 6) is 0.687. The van der Waals surface area contributed by atoms with E-state index in [1.807, 2.05) is 42.0 Å². The number of nitrogens with zero attached hydrogens (tertiary/aromatic N) is 3. The highest BCUT2D eigenvalue weighted by Gasteiger charge is 2.22. The van der Waals surface area contributed by atoms with Crippen LogP contribution in [-0.2, 0) is 4.79 Å². The number of amides is 1. The molecule has 0 aliphatic carbocycles. The van der Waals surface area contributed by atoms with Gasteiger partial charge in [0.1, 0.15) is 5.75 Å². The van der Waals surface area contributed by atoms with Gasteiger partial charge in [0.05, 0.1) is 0 Å². The van der Waals surface area contributed by atoms with Crippen LogP contribution in [0.15, 0.2) is 41.9 Å². The van der Waals surface area contributed by atoms with Gasteiger partial charge in [-0.05, 0) is 50.6 Å². The van der Waals surface area contributed by atoms with Crippen LogP contribution < -0.4 is 9.64 Å². The van der Waals surface area contributed by atoms with Crippen molar-refractivity contribution in [3.05, 3.63) is 58.9 Å². The van der Waals surface area contributed by atoms with Gasteiger partial charge in [0, 0.05) is 47.2 Å². The van der Waals surface area contributed by atoms with Crippen molar-refractivity contribution in [3.8, 4) is 10.9 Å². The highest BCUT2D eigenvalue weighted by molar-refractivity contribution is 7.12. The first kappa shape index (κ1) is 18.4. The summed E-state index contributed by atoms with van der Waals surface area (Å²) in [5.41, 5.74) is 3.35. The number of anilines is 1. The zero-order valence-electron chi connectivity index (χ0n) is 15.8. The summed E-state index contributed by atoms with van der Waals surface area (Å²) in [6.45, 7) is 4.60. The van der Waals surface area contributed by atoms with Gasteiger partial charge in [-0.2, -0.15) is 0 Å². The molecule has 3 aromatic rings. The van der Waals surface area contributed by atoms with E-state index in [-0.39, 0.29) is 18.3 Å². The predicted molar refractivity (Wildman–Crippen MR) is 109 cm³/mol. The third kappa shape index (κ3) is 3.45. The maximum Gasteiger partial charge on any atom is 0.227 e. The minimum Gasteiger partial charge on any atom is -0.485 e. The maximum absolute atomic E-state index is 12.7. The highest BCUT2D eigenvalue weighted by Crippen LogP contribution is 2.25. The normalized spacial score (nSPS) is 13.9. The van der Waals surface area contributed by atoms with Crippen molar-refractivity contribution in [1.82, 2.24) is 9.55 Å². The number of hydrogen-bond donors (Lipinski definition) is 0. The second kappa shape index (κ2) is 7.59. The average molecular weight is 395 g/mol. The molecule has 0 N–H and O–H groups in total. The van der Waals surface area contributed by atoms with Gasteiger partial charge in [-0.25, -0.2) is 4.98 Å². The third-order valence-corrected chi connectivity index (χ3v) is 5.69. The fourth-order valence-corrected chi connectivity index (χ4v) is 4.29. The molecule has 1 amide bonds. The van der Waals surface area contributed by atoms with Crippen molar-refractivity contribution in [3.63, 3.8) is 0 Å². The molecule has 1 saturated heterocycles. The number of Topliss-reactive ketones (excluding diaryl/α,β-unsaturated/α-hetero) is 1. The number of benzene rings is 1. The number of aromatic nitrogens is 2. The molecule has 4 rings (SSSR count). The van der Waals surface area contributed by atoms with Crippen molar-refractivity contribution in [2.24, 2.45) is 0 Å². The average Bonchev–Trinajstić information content (AvgIpc) is 3.41. The van der Waals surface area contributed by atoms with Crippen LogP contribution in [0.4, 0.5) is 5.69 Å². The summed E-state index contributed by atoms with van der Waals surface area (Å²) in [4.78, 5) is 30.6. The number of carbonyl (C=O) groups excluding carboxylic acids is 2. The topological polar surface area (TPSA) is 64.4 Å². The summed E-state index contributed by atoms with van der Waals surface area (Å²) in [5, 5.41) is 2.76. The lowest BCUT2D eigenvalue weighted by Gasteiger charge is -2.16. The maximum atomic E-state index is 12.7. The standard InChI is InChI=1S/C21H21N3O3S/c1-14-12-18(15(2)24(14)21-22-9-11-28-21)19(25)13-27-17-7-5-16(6-8-17)23-10-3-4-20(23)26/h5-9,11-12H,3-4,10,13H2,1-2H3. The molecule has 6 nitrogen and oxygen atoms in total. The van der Waals surface area contributed by atoms with E-state index >= 15 is 0 Å². The minimum atomic E-state index is -0.0743. The van der Waals surface area contributed by atoms with E-state index in [0.717, 1.165) is 35.2 Å². The Kier molecular flexibility index (Phi) is 5.00. The number of hydrogen-bond acceptors (Lipinski definition) is 5. The molecular weight excluding hydrogens is 374 g/mol. The molecule has 1 aromatic carbocycles. The summed E-state index contributed by atoms with van der Waals surface area (Å²) in [6, 6.07) is 9.19. The van der Waals surface area contributed by atoms with Gasteiger partial charge in [-0.15, -0.1) is 11.3 Å². The van der Waals surface area contributed by atoms with Crippen molar-refractivity contribution in [2.45, 2.75) is 26.7 Å². The van der Waals surface area contributed by atoms with Crippen LogP contribution in [-0.4, -0.2) is 34.4 Å². The SMILES string of the molecule is Cc1cc(C(=O)COc2ccc(N3CCCC3=O)cc2)c(C)n1-c1nccs1. The van der Waals surface area contributed by atoms with E-state index in [4.69, 9.17) is 4.74 Å². The van der Waals surface area contributed by atoms with E-state index in [9.17, 15) is 9.59 Å². The molecule has 0 bridgehead atoms. The fraction of sp³-hybridized carbons (Fsp3) is 0.286. The van der Waals surface area contributed by atoms with Crippen LogP contribution in [0.25, 0.3) is 5.13 Å². The molecule has 1 aliphatic rings. The molecule has 2 aromatic heterocycles. The Hall–Kier alpha value is -2.93. The molecule has 3 heterocycles. The number of aryl methyl sites for hydroxylation is 1. The smallest absolute Gasteiger partial charge is 0.227 e. The Morgan fingerprint density at radius 2 is 2.04 bits per heavy atom. The number of ether oxygens (including phenoxy) is 1. The van der Waals surface area contributed by atoms with E-state index in [1.165, 1.54) is 11.3 Å². The Labute approximate surface area is 167 Å². The molecule has 0 radical (unpaired) electrons. The first-order chi connectivity index (χ1) is 13.5. The number of ketones is 1. The van der Waals surface area contributed by atoms with Crippen molar-refractivity contribution >= 4 is 28.7 Å². The first-order valence-corrected chi connectivity index (χ1v) is 10.1. The number of thiazole rings is 1. The summed E-state index contributed by atoms with van der Waals surface area (Å²) >= 11 is 1.53. The zero-order chi connectivity index (χ0) is 19.7. The first-order valence-electron chi connectivity index (χ1n) is 9.20. The molecule has 28 heavy (non-hydrogen) atoms. The van der Waals surface area contributed by atoms with Crippen molar-refractivity contribution < 1.29 is 14.3 Å². The summed E-state index contributed by atoms with van der Waals surface area (Å²) in [7, 11) is 0. The van der Waals surface area contributed by atoms with Crippen LogP contribution in [0.5, 0.6) is 5.75 Å². The second-order valence-corrected chi connectivity index (χ2v) is 7.66. The summed E-state index contributed by atoms with van der Waals surface area (Å²) in [6.07, 6.45) is 3.25. The monoisotopic (exact) mass is 395 g/mol. The molecule has 0 unspecified atom stereocenters. The van der Waals surface area contributed by atoms with Gasteiger partial charge in [0.15, 0.2) is 11.7 Å². The summed E-state index contributed by atoms with van der Waals surface area (Å²) < 4.78 is 7.67. The van der Waals surface area contributed by atoms with Gasteiger partial charge in [0.2, 0.25) is 11.7 Å². The Morgan fingerprint density at radius 3 is 2.68 bits per heavy atom.